The highest BCUT2D eigenvalue weighted by Crippen LogP contribution is 2.28. The number of rotatable bonds is 11. The van der Waals surface area contributed by atoms with Crippen molar-refractivity contribution in [2.75, 3.05) is 12.4 Å². The first-order valence-electron chi connectivity index (χ1n) is 13.8. The lowest BCUT2D eigenvalue weighted by Crippen LogP contribution is -2.43. The summed E-state index contributed by atoms with van der Waals surface area (Å²) in [5.74, 6) is -1.38. The van der Waals surface area contributed by atoms with Crippen LogP contribution in [0.1, 0.15) is 39.8 Å². The summed E-state index contributed by atoms with van der Waals surface area (Å²) in [7, 11) is 1.66. The summed E-state index contributed by atoms with van der Waals surface area (Å²) in [6, 6.07) is 31.2. The summed E-state index contributed by atoms with van der Waals surface area (Å²) < 4.78 is 0. The van der Waals surface area contributed by atoms with E-state index in [1.165, 1.54) is 4.90 Å². The summed E-state index contributed by atoms with van der Waals surface area (Å²) >= 11 is 0.540. The second-order valence-corrected chi connectivity index (χ2v) is 10.7. The van der Waals surface area contributed by atoms with Crippen LogP contribution in [0.4, 0.5) is 15.3 Å². The minimum Gasteiger partial charge on any atom is -0.352 e. The van der Waals surface area contributed by atoms with Gasteiger partial charge < -0.3 is 26.6 Å². The van der Waals surface area contributed by atoms with Crippen molar-refractivity contribution < 1.29 is 19.2 Å². The number of carbonyl (C=O) groups is 4. The molecule has 0 heterocycles. The van der Waals surface area contributed by atoms with Gasteiger partial charge in [0.05, 0.1) is 5.92 Å². The second-order valence-electron chi connectivity index (χ2n) is 10.1. The maximum Gasteiger partial charge on any atom is 0.312 e. The van der Waals surface area contributed by atoms with Crippen LogP contribution in [0.25, 0.3) is 0 Å². The highest BCUT2D eigenvalue weighted by molar-refractivity contribution is 8.11. The summed E-state index contributed by atoms with van der Waals surface area (Å²) in [5, 5.41) is 13.1. The number of benzene rings is 4. The van der Waals surface area contributed by atoms with Gasteiger partial charge in [-0.3, -0.25) is 19.5 Å². The number of carbonyl (C=O) groups excluding carboxylic acids is 4. The van der Waals surface area contributed by atoms with E-state index in [2.05, 4.69) is 16.0 Å². The molecule has 0 fully saturated rings. The van der Waals surface area contributed by atoms with Gasteiger partial charge in [-0.15, -0.1) is 0 Å². The summed E-state index contributed by atoms with van der Waals surface area (Å²) in [6.07, 6.45) is 0. The Morgan fingerprint density at radius 3 is 1.91 bits per heavy atom. The standard InChI is InChI=1S/C33H34N6O4S/c1-39(21-23-17-15-22(16-18-23)20-36-32(34)42)31(41)29(26-13-8-14-27(19-26)37-33(43)44-35)38-30(40)28(24-9-4-2-5-10-24)25-11-6-3-7-12-25/h2-19,28-29H,20-21,35H2,1H3,(H,37,43)(H,38,40)(H3,34,36,42). The molecule has 0 saturated carbocycles. The van der Waals surface area contributed by atoms with Crippen LogP contribution in [0.2, 0.25) is 0 Å². The third kappa shape index (κ3) is 8.69. The highest BCUT2D eigenvalue weighted by Gasteiger charge is 2.31. The molecule has 1 unspecified atom stereocenters. The Bertz CT molecular complexity index is 1550. The van der Waals surface area contributed by atoms with E-state index >= 15 is 0 Å². The van der Waals surface area contributed by atoms with Crippen molar-refractivity contribution in [2.24, 2.45) is 10.9 Å². The molecule has 0 aliphatic rings. The van der Waals surface area contributed by atoms with Crippen LogP contribution in [0.15, 0.2) is 109 Å². The fourth-order valence-electron chi connectivity index (χ4n) is 4.77. The van der Waals surface area contributed by atoms with Gasteiger partial charge in [0.25, 0.3) is 5.24 Å². The molecule has 0 aliphatic heterocycles. The van der Waals surface area contributed by atoms with Crippen LogP contribution in [0, 0.1) is 0 Å². The Morgan fingerprint density at radius 1 is 0.773 bits per heavy atom. The molecule has 1 atom stereocenters. The Balaban J connectivity index is 1.63. The zero-order chi connectivity index (χ0) is 31.5. The van der Waals surface area contributed by atoms with Crippen LogP contribution in [-0.2, 0) is 22.7 Å². The number of urea groups is 1. The molecule has 0 saturated heterocycles. The molecular formula is C33H34N6O4S. The Labute approximate surface area is 260 Å². The number of likely N-dealkylation sites (N-methyl/N-ethyl adjacent to an activating group) is 1. The van der Waals surface area contributed by atoms with Crippen LogP contribution in [0.5, 0.6) is 0 Å². The van der Waals surface area contributed by atoms with Crippen LogP contribution < -0.4 is 26.8 Å². The quantitative estimate of drug-likeness (QED) is 0.156. The Morgan fingerprint density at radius 2 is 1.34 bits per heavy atom. The smallest absolute Gasteiger partial charge is 0.312 e. The molecule has 0 spiro atoms. The Kier molecular flexibility index (Phi) is 11.1. The lowest BCUT2D eigenvalue weighted by molar-refractivity contribution is -0.136. The lowest BCUT2D eigenvalue weighted by Gasteiger charge is -2.27. The maximum absolute atomic E-state index is 14.1. The van der Waals surface area contributed by atoms with Gasteiger partial charge in [-0.05, 0) is 39.9 Å². The highest BCUT2D eigenvalue weighted by atomic mass is 32.2. The number of hydrogen-bond donors (Lipinski definition) is 5. The van der Waals surface area contributed by atoms with Crippen molar-refractivity contribution in [3.63, 3.8) is 0 Å². The minimum atomic E-state index is -1.07. The van der Waals surface area contributed by atoms with Crippen molar-refractivity contribution in [3.8, 4) is 0 Å². The van der Waals surface area contributed by atoms with Gasteiger partial charge >= 0.3 is 6.03 Å². The molecule has 4 aromatic carbocycles. The fraction of sp³-hybridized carbons (Fsp3) is 0.152. The van der Waals surface area contributed by atoms with E-state index in [-0.39, 0.29) is 24.9 Å². The summed E-state index contributed by atoms with van der Waals surface area (Å²) in [6.45, 7) is 0.549. The molecule has 0 aromatic heterocycles. The third-order valence-electron chi connectivity index (χ3n) is 6.92. The van der Waals surface area contributed by atoms with E-state index in [1.54, 1.807) is 31.3 Å². The molecule has 226 valence electrons. The third-order valence-corrected chi connectivity index (χ3v) is 7.24. The van der Waals surface area contributed by atoms with E-state index in [0.717, 1.165) is 22.3 Å². The molecule has 4 aromatic rings. The molecule has 4 rings (SSSR count). The number of primary amides is 1. The van der Waals surface area contributed by atoms with Gasteiger partial charge in [0.2, 0.25) is 11.8 Å². The molecule has 0 radical (unpaired) electrons. The van der Waals surface area contributed by atoms with E-state index in [0.29, 0.717) is 23.2 Å². The van der Waals surface area contributed by atoms with Gasteiger partial charge in [-0.25, -0.2) is 4.79 Å². The Hall–Kier alpha value is -5.13. The number of nitrogens with two attached hydrogens (primary N) is 2. The van der Waals surface area contributed by atoms with Crippen molar-refractivity contribution in [1.82, 2.24) is 15.5 Å². The summed E-state index contributed by atoms with van der Waals surface area (Å²) in [5.41, 5.74) is 9.34. The second kappa shape index (κ2) is 15.4. The zero-order valence-corrected chi connectivity index (χ0v) is 24.9. The number of hydrogen-bond acceptors (Lipinski definition) is 6. The van der Waals surface area contributed by atoms with Crippen LogP contribution >= 0.6 is 11.9 Å². The SMILES string of the molecule is CN(Cc1ccc(CNC(N)=O)cc1)C(=O)C(NC(=O)C(c1ccccc1)c1ccccc1)c1cccc(NC(=O)SN)c1. The number of nitrogens with one attached hydrogen (secondary N) is 3. The van der Waals surface area contributed by atoms with Crippen molar-refractivity contribution in [1.29, 1.82) is 0 Å². The minimum absolute atomic E-state index is 0.260. The van der Waals surface area contributed by atoms with E-state index in [9.17, 15) is 19.2 Å². The molecule has 5 amide bonds. The maximum atomic E-state index is 14.1. The van der Waals surface area contributed by atoms with Gasteiger partial charge in [0.15, 0.2) is 0 Å². The topological polar surface area (TPSA) is 160 Å². The number of amides is 5. The lowest BCUT2D eigenvalue weighted by atomic mass is 9.90. The normalized spacial score (nSPS) is 11.3. The molecule has 44 heavy (non-hydrogen) atoms. The predicted molar refractivity (Wildman–Crippen MR) is 172 cm³/mol. The van der Waals surface area contributed by atoms with E-state index in [1.807, 2.05) is 84.9 Å². The van der Waals surface area contributed by atoms with E-state index in [4.69, 9.17) is 10.9 Å². The fourth-order valence-corrected chi connectivity index (χ4v) is 4.94. The van der Waals surface area contributed by atoms with Gasteiger partial charge in [-0.2, -0.15) is 0 Å². The van der Waals surface area contributed by atoms with Crippen LogP contribution in [-0.4, -0.2) is 35.0 Å². The van der Waals surface area contributed by atoms with Crippen LogP contribution in [0.3, 0.4) is 0 Å². The number of anilines is 1. The van der Waals surface area contributed by atoms with Crippen molar-refractivity contribution in [3.05, 3.63) is 137 Å². The van der Waals surface area contributed by atoms with E-state index < -0.39 is 23.2 Å². The predicted octanol–water partition coefficient (Wildman–Crippen LogP) is 4.64. The molecule has 0 aliphatic carbocycles. The largest absolute Gasteiger partial charge is 0.352 e. The summed E-state index contributed by atoms with van der Waals surface area (Å²) in [4.78, 5) is 52.6. The molecule has 7 N–H and O–H groups in total. The first-order chi connectivity index (χ1) is 21.2. The average molecular weight is 611 g/mol. The monoisotopic (exact) mass is 610 g/mol. The van der Waals surface area contributed by atoms with Crippen molar-refractivity contribution >= 4 is 40.7 Å². The van der Waals surface area contributed by atoms with Gasteiger partial charge in [0, 0.05) is 37.8 Å². The zero-order valence-electron chi connectivity index (χ0n) is 24.1. The number of nitrogens with zero attached hydrogens (tertiary/aromatic N) is 1. The van der Waals surface area contributed by atoms with Gasteiger partial charge in [0.1, 0.15) is 6.04 Å². The van der Waals surface area contributed by atoms with Crippen molar-refractivity contribution in [2.45, 2.75) is 25.0 Å². The molecular weight excluding hydrogens is 576 g/mol. The molecule has 0 bridgehead atoms. The first kappa shape index (κ1) is 31.8. The average Bonchev–Trinajstić information content (AvgIpc) is 3.04. The molecule has 11 heteroatoms. The van der Waals surface area contributed by atoms with Gasteiger partial charge in [-0.1, -0.05) is 97.1 Å². The first-order valence-corrected chi connectivity index (χ1v) is 14.7. The molecule has 10 nitrogen and oxygen atoms in total.